The van der Waals surface area contributed by atoms with E-state index in [1.807, 2.05) is 0 Å². The van der Waals surface area contributed by atoms with E-state index >= 15 is 0 Å². The third-order valence-corrected chi connectivity index (χ3v) is 2.64. The smallest absolute Gasteiger partial charge is 0.342 e. The highest BCUT2D eigenvalue weighted by atomic mass is 19.4. The van der Waals surface area contributed by atoms with Crippen LogP contribution >= 0.6 is 0 Å². The van der Waals surface area contributed by atoms with Crippen LogP contribution in [0.2, 0.25) is 0 Å². The van der Waals surface area contributed by atoms with E-state index in [1.54, 1.807) is 0 Å². The molecule has 0 saturated carbocycles. The summed E-state index contributed by atoms with van der Waals surface area (Å²) < 4.78 is 38.7. The minimum atomic E-state index is -4.53. The molecule has 0 radical (unpaired) electrons. The molecule has 0 aliphatic carbocycles. The van der Waals surface area contributed by atoms with Gasteiger partial charge in [-0.1, -0.05) is 6.07 Å². The summed E-state index contributed by atoms with van der Waals surface area (Å²) in [6, 6.07) is 4.12. The molecule has 0 saturated heterocycles. The maximum atomic E-state index is 12.6. The molecule has 6 nitrogen and oxygen atoms in total. The third-order valence-electron chi connectivity index (χ3n) is 2.64. The molecular weight excluding hydrogens is 289 g/mol. The molecule has 0 spiro atoms. The molecule has 0 bridgehead atoms. The maximum Gasteiger partial charge on any atom is 0.416 e. The van der Waals surface area contributed by atoms with Gasteiger partial charge in [0, 0.05) is 14.1 Å². The molecule has 1 aromatic heterocycles. The molecule has 1 amide bonds. The van der Waals surface area contributed by atoms with Gasteiger partial charge in [-0.3, -0.25) is 9.78 Å². The molecule has 9 heteroatoms. The molecular formula is C12H11F3N4O2. The van der Waals surface area contributed by atoms with E-state index in [0.29, 0.717) is 4.68 Å². The number of rotatable bonds is 2. The van der Waals surface area contributed by atoms with Crippen molar-refractivity contribution in [2.45, 2.75) is 6.18 Å². The van der Waals surface area contributed by atoms with Gasteiger partial charge < -0.3 is 4.90 Å². The standard InChI is InChI=1S/C12H11F3N4O2/c1-18(2)10(20)9-16-11(21)19(17-9)8-5-3-4-7(6-8)12(13,14)15/h3-6H,1-2H3,(H,16,17,21). The Balaban J connectivity index is 2.49. The van der Waals surface area contributed by atoms with Crippen LogP contribution in [-0.4, -0.2) is 39.7 Å². The van der Waals surface area contributed by atoms with E-state index in [4.69, 9.17) is 0 Å². The Morgan fingerprint density at radius 2 is 2.00 bits per heavy atom. The lowest BCUT2D eigenvalue weighted by molar-refractivity contribution is -0.137. The summed E-state index contributed by atoms with van der Waals surface area (Å²) >= 11 is 0. The summed E-state index contributed by atoms with van der Waals surface area (Å²) in [4.78, 5) is 26.8. The van der Waals surface area contributed by atoms with E-state index in [9.17, 15) is 22.8 Å². The molecule has 0 aliphatic heterocycles. The predicted molar refractivity (Wildman–Crippen MR) is 67.2 cm³/mol. The zero-order valence-corrected chi connectivity index (χ0v) is 11.1. The second-order valence-corrected chi connectivity index (χ2v) is 4.44. The molecule has 21 heavy (non-hydrogen) atoms. The Morgan fingerprint density at radius 1 is 1.33 bits per heavy atom. The number of carbonyl (C=O) groups is 1. The van der Waals surface area contributed by atoms with Crippen molar-refractivity contribution in [3.63, 3.8) is 0 Å². The number of carbonyl (C=O) groups excluding carboxylic acids is 1. The van der Waals surface area contributed by atoms with Crippen LogP contribution in [0.3, 0.4) is 0 Å². The summed E-state index contributed by atoms with van der Waals surface area (Å²) in [6.45, 7) is 0. The Hall–Kier alpha value is -2.58. The van der Waals surface area contributed by atoms with Crippen molar-refractivity contribution >= 4 is 5.91 Å². The number of H-pyrrole nitrogens is 1. The fourth-order valence-electron chi connectivity index (χ4n) is 1.62. The number of benzene rings is 1. The number of nitrogens with zero attached hydrogens (tertiary/aromatic N) is 3. The minimum Gasteiger partial charge on any atom is -0.342 e. The Kier molecular flexibility index (Phi) is 3.58. The minimum absolute atomic E-state index is 0.0797. The monoisotopic (exact) mass is 300 g/mol. The van der Waals surface area contributed by atoms with Gasteiger partial charge in [0.25, 0.3) is 5.91 Å². The van der Waals surface area contributed by atoms with Gasteiger partial charge in [0.15, 0.2) is 0 Å². The van der Waals surface area contributed by atoms with Crippen molar-refractivity contribution < 1.29 is 18.0 Å². The topological polar surface area (TPSA) is 71.0 Å². The van der Waals surface area contributed by atoms with Crippen molar-refractivity contribution in [2.24, 2.45) is 0 Å². The van der Waals surface area contributed by atoms with Gasteiger partial charge in [0.05, 0.1) is 11.3 Å². The van der Waals surface area contributed by atoms with Gasteiger partial charge >= 0.3 is 11.9 Å². The number of alkyl halides is 3. The molecule has 1 N–H and O–H groups in total. The van der Waals surface area contributed by atoms with E-state index in [-0.39, 0.29) is 11.5 Å². The Bertz CT molecular complexity index is 731. The first-order valence-electron chi connectivity index (χ1n) is 5.79. The molecule has 1 heterocycles. The average molecular weight is 300 g/mol. The fraction of sp³-hybridized carbons (Fsp3) is 0.250. The SMILES string of the molecule is CN(C)C(=O)c1nn(-c2cccc(C(F)(F)F)c2)c(=O)[nH]1. The van der Waals surface area contributed by atoms with Crippen LogP contribution in [-0.2, 0) is 6.18 Å². The van der Waals surface area contributed by atoms with Gasteiger partial charge in [-0.15, -0.1) is 5.10 Å². The van der Waals surface area contributed by atoms with Crippen LogP contribution in [0.1, 0.15) is 16.2 Å². The lowest BCUT2D eigenvalue weighted by Gasteiger charge is -2.08. The van der Waals surface area contributed by atoms with Crippen LogP contribution in [0.25, 0.3) is 5.69 Å². The number of amides is 1. The van der Waals surface area contributed by atoms with E-state index < -0.39 is 23.3 Å². The van der Waals surface area contributed by atoms with E-state index in [1.165, 1.54) is 25.1 Å². The molecule has 2 aromatic rings. The van der Waals surface area contributed by atoms with Gasteiger partial charge in [0.1, 0.15) is 0 Å². The highest BCUT2D eigenvalue weighted by Gasteiger charge is 2.30. The number of aromatic nitrogens is 3. The molecule has 2 rings (SSSR count). The molecule has 0 atom stereocenters. The van der Waals surface area contributed by atoms with Crippen molar-refractivity contribution in [2.75, 3.05) is 14.1 Å². The number of hydrogen-bond acceptors (Lipinski definition) is 3. The number of nitrogens with one attached hydrogen (secondary N) is 1. The third kappa shape index (κ3) is 2.96. The largest absolute Gasteiger partial charge is 0.416 e. The highest BCUT2D eigenvalue weighted by molar-refractivity contribution is 5.89. The Morgan fingerprint density at radius 3 is 2.57 bits per heavy atom. The molecule has 0 fully saturated rings. The molecule has 112 valence electrons. The fourth-order valence-corrected chi connectivity index (χ4v) is 1.62. The van der Waals surface area contributed by atoms with Crippen LogP contribution in [0.4, 0.5) is 13.2 Å². The number of hydrogen-bond donors (Lipinski definition) is 1. The summed E-state index contributed by atoms with van der Waals surface area (Å²) in [5.41, 5.74) is -1.78. The van der Waals surface area contributed by atoms with Gasteiger partial charge in [-0.05, 0) is 18.2 Å². The zero-order valence-electron chi connectivity index (χ0n) is 11.1. The average Bonchev–Trinajstić information content (AvgIpc) is 2.79. The molecule has 1 aromatic carbocycles. The summed E-state index contributed by atoms with van der Waals surface area (Å²) in [6.07, 6.45) is -4.53. The number of halogens is 3. The second kappa shape index (κ2) is 5.08. The summed E-state index contributed by atoms with van der Waals surface area (Å²) in [7, 11) is 2.92. The lowest BCUT2D eigenvalue weighted by Crippen LogP contribution is -2.23. The maximum absolute atomic E-state index is 12.6. The van der Waals surface area contributed by atoms with Crippen LogP contribution < -0.4 is 5.69 Å². The molecule has 0 aliphatic rings. The van der Waals surface area contributed by atoms with E-state index in [0.717, 1.165) is 18.2 Å². The first-order valence-corrected chi connectivity index (χ1v) is 5.79. The zero-order chi connectivity index (χ0) is 15.8. The predicted octanol–water partition coefficient (Wildman–Crippen LogP) is 1.28. The first kappa shape index (κ1) is 14.8. The van der Waals surface area contributed by atoms with Crippen LogP contribution in [0.15, 0.2) is 29.1 Å². The summed E-state index contributed by atoms with van der Waals surface area (Å²) in [5, 5.41) is 3.71. The quantitative estimate of drug-likeness (QED) is 0.908. The van der Waals surface area contributed by atoms with Crippen molar-refractivity contribution in [3.05, 3.63) is 46.1 Å². The van der Waals surface area contributed by atoms with Crippen molar-refractivity contribution in [3.8, 4) is 5.69 Å². The molecule has 0 unspecified atom stereocenters. The van der Waals surface area contributed by atoms with Crippen molar-refractivity contribution in [1.82, 2.24) is 19.7 Å². The lowest BCUT2D eigenvalue weighted by atomic mass is 10.2. The number of aromatic amines is 1. The highest BCUT2D eigenvalue weighted by Crippen LogP contribution is 2.29. The van der Waals surface area contributed by atoms with Gasteiger partial charge in [-0.2, -0.15) is 17.9 Å². The van der Waals surface area contributed by atoms with E-state index in [2.05, 4.69) is 10.1 Å². The van der Waals surface area contributed by atoms with Gasteiger partial charge in [-0.25, -0.2) is 4.79 Å². The summed E-state index contributed by atoms with van der Waals surface area (Å²) in [5.74, 6) is -0.805. The second-order valence-electron chi connectivity index (χ2n) is 4.44. The van der Waals surface area contributed by atoms with Crippen LogP contribution in [0, 0.1) is 0 Å². The van der Waals surface area contributed by atoms with Gasteiger partial charge in [0.2, 0.25) is 5.82 Å². The Labute approximate surface area is 116 Å². The van der Waals surface area contributed by atoms with Crippen LogP contribution in [0.5, 0.6) is 0 Å². The van der Waals surface area contributed by atoms with Crippen molar-refractivity contribution in [1.29, 1.82) is 0 Å². The normalized spacial score (nSPS) is 11.5. The first-order chi connectivity index (χ1) is 9.70.